The van der Waals surface area contributed by atoms with Gasteiger partial charge in [0.15, 0.2) is 7.14 Å². The summed E-state index contributed by atoms with van der Waals surface area (Å²) in [5.41, 5.74) is 2.15. The average Bonchev–Trinajstić information content (AvgIpc) is 2.75. The van der Waals surface area contributed by atoms with E-state index in [-0.39, 0.29) is 12.2 Å². The van der Waals surface area contributed by atoms with E-state index >= 15 is 0 Å². The second-order valence-electron chi connectivity index (χ2n) is 6.78. The molecule has 0 heterocycles. The summed E-state index contributed by atoms with van der Waals surface area (Å²) >= 11 is 0. The van der Waals surface area contributed by atoms with E-state index in [1.165, 1.54) is 6.08 Å². The van der Waals surface area contributed by atoms with Gasteiger partial charge in [0.25, 0.3) is 0 Å². The molecule has 0 bridgehead atoms. The van der Waals surface area contributed by atoms with Crippen molar-refractivity contribution in [2.75, 3.05) is 6.29 Å². The van der Waals surface area contributed by atoms with Crippen LogP contribution in [0.15, 0.2) is 97.6 Å². The molecule has 3 rings (SSSR count). The molecule has 0 aromatic heterocycles. The zero-order chi connectivity index (χ0) is 20.0. The molecule has 0 saturated carbocycles. The van der Waals surface area contributed by atoms with Crippen LogP contribution in [0, 0.1) is 6.92 Å². The van der Waals surface area contributed by atoms with E-state index in [2.05, 4.69) is 6.58 Å². The van der Waals surface area contributed by atoms with Crippen molar-refractivity contribution in [1.29, 1.82) is 0 Å². The third-order valence-corrected chi connectivity index (χ3v) is 7.70. The fourth-order valence-electron chi connectivity index (χ4n) is 3.13. The maximum atomic E-state index is 14.3. The Hall–Kier alpha value is -2.90. The smallest absolute Gasteiger partial charge is 0.246 e. The van der Waals surface area contributed by atoms with Gasteiger partial charge < -0.3 is 9.46 Å². The molecular formula is C24H24NO2P. The molecule has 28 heavy (non-hydrogen) atoms. The SMILES string of the molecule is C=CC(=O)N(Cc1ccc(C)cc1)CP(=O)(c1ccccc1)c1ccccc1. The molecular weight excluding hydrogens is 365 g/mol. The van der Waals surface area contributed by atoms with E-state index in [0.717, 1.165) is 21.7 Å². The summed E-state index contributed by atoms with van der Waals surface area (Å²) in [6.45, 7) is 6.04. The molecule has 0 atom stereocenters. The highest BCUT2D eigenvalue weighted by molar-refractivity contribution is 7.78. The van der Waals surface area contributed by atoms with Gasteiger partial charge in [-0.3, -0.25) is 4.79 Å². The quantitative estimate of drug-likeness (QED) is 0.441. The number of amides is 1. The average molecular weight is 389 g/mol. The van der Waals surface area contributed by atoms with Gasteiger partial charge in [-0.15, -0.1) is 0 Å². The highest BCUT2D eigenvalue weighted by atomic mass is 31.2. The summed E-state index contributed by atoms with van der Waals surface area (Å²) in [4.78, 5) is 14.2. The topological polar surface area (TPSA) is 37.4 Å². The largest absolute Gasteiger partial charge is 0.327 e. The van der Waals surface area contributed by atoms with Crippen LogP contribution < -0.4 is 10.6 Å². The standard InChI is InChI=1S/C24H24NO2P/c1-3-24(26)25(18-21-16-14-20(2)15-17-21)19-28(27,22-10-6-4-7-11-22)23-12-8-5-9-13-23/h3-17H,1,18-19H2,2H3. The molecule has 0 N–H and O–H groups in total. The van der Waals surface area contributed by atoms with E-state index in [1.807, 2.05) is 91.9 Å². The molecule has 0 aliphatic heterocycles. The first-order valence-electron chi connectivity index (χ1n) is 9.20. The van der Waals surface area contributed by atoms with Crippen LogP contribution in [0.2, 0.25) is 0 Å². The Labute approximate surface area is 166 Å². The fourth-order valence-corrected chi connectivity index (χ4v) is 5.78. The predicted octanol–water partition coefficient (Wildman–Crippen LogP) is 4.48. The molecule has 142 valence electrons. The zero-order valence-corrected chi connectivity index (χ0v) is 16.9. The summed E-state index contributed by atoms with van der Waals surface area (Å²) in [6, 6.07) is 26.8. The molecule has 1 amide bonds. The Morgan fingerprint density at radius 1 is 0.893 bits per heavy atom. The molecule has 3 aromatic rings. The fraction of sp³-hybridized carbons (Fsp3) is 0.125. The lowest BCUT2D eigenvalue weighted by Crippen LogP contribution is -2.34. The zero-order valence-electron chi connectivity index (χ0n) is 16.0. The van der Waals surface area contributed by atoms with Crippen molar-refractivity contribution in [2.24, 2.45) is 0 Å². The van der Waals surface area contributed by atoms with Crippen molar-refractivity contribution < 1.29 is 9.36 Å². The van der Waals surface area contributed by atoms with Gasteiger partial charge in [0, 0.05) is 17.2 Å². The summed E-state index contributed by atoms with van der Waals surface area (Å²) in [7, 11) is -3.04. The van der Waals surface area contributed by atoms with E-state index in [1.54, 1.807) is 4.90 Å². The van der Waals surface area contributed by atoms with Crippen LogP contribution in [0.5, 0.6) is 0 Å². The molecule has 0 radical (unpaired) electrons. The molecule has 0 unspecified atom stereocenters. The highest BCUT2D eigenvalue weighted by Gasteiger charge is 2.31. The predicted molar refractivity (Wildman–Crippen MR) is 117 cm³/mol. The summed E-state index contributed by atoms with van der Waals surface area (Å²) in [5, 5.41) is 1.49. The van der Waals surface area contributed by atoms with Crippen LogP contribution in [0.25, 0.3) is 0 Å². The van der Waals surface area contributed by atoms with Crippen LogP contribution in [0.4, 0.5) is 0 Å². The lowest BCUT2D eigenvalue weighted by molar-refractivity contribution is -0.125. The third kappa shape index (κ3) is 4.49. The number of aryl methyl sites for hydroxylation is 1. The Morgan fingerprint density at radius 3 is 1.86 bits per heavy atom. The van der Waals surface area contributed by atoms with Gasteiger partial charge in [-0.1, -0.05) is 97.1 Å². The monoisotopic (exact) mass is 389 g/mol. The van der Waals surface area contributed by atoms with Gasteiger partial charge in [-0.2, -0.15) is 0 Å². The first-order chi connectivity index (χ1) is 13.5. The van der Waals surface area contributed by atoms with Crippen molar-refractivity contribution in [3.05, 3.63) is 109 Å². The number of rotatable bonds is 7. The lowest BCUT2D eigenvalue weighted by Gasteiger charge is -2.28. The van der Waals surface area contributed by atoms with Gasteiger partial charge >= 0.3 is 0 Å². The highest BCUT2D eigenvalue weighted by Crippen LogP contribution is 2.44. The number of hydrogen-bond acceptors (Lipinski definition) is 2. The first-order valence-corrected chi connectivity index (χ1v) is 11.1. The second kappa shape index (κ2) is 8.86. The lowest BCUT2D eigenvalue weighted by atomic mass is 10.1. The molecule has 3 nitrogen and oxygen atoms in total. The van der Waals surface area contributed by atoms with Crippen LogP contribution in [-0.4, -0.2) is 17.1 Å². The minimum atomic E-state index is -3.04. The van der Waals surface area contributed by atoms with E-state index in [0.29, 0.717) is 6.54 Å². The molecule has 0 spiro atoms. The molecule has 0 aliphatic rings. The number of hydrogen-bond donors (Lipinski definition) is 0. The van der Waals surface area contributed by atoms with Gasteiger partial charge in [-0.05, 0) is 18.6 Å². The Kier molecular flexibility index (Phi) is 6.28. The Balaban J connectivity index is 2.00. The molecule has 0 aliphatic carbocycles. The Bertz CT molecular complexity index is 939. The third-order valence-electron chi connectivity index (χ3n) is 4.70. The molecule has 0 saturated heterocycles. The van der Waals surface area contributed by atoms with E-state index < -0.39 is 7.14 Å². The second-order valence-corrected chi connectivity index (χ2v) is 9.57. The van der Waals surface area contributed by atoms with Crippen molar-refractivity contribution in [3.8, 4) is 0 Å². The molecule has 3 aromatic carbocycles. The summed E-state index contributed by atoms with van der Waals surface area (Å²) in [5.74, 6) is -0.229. The minimum Gasteiger partial charge on any atom is -0.327 e. The molecule has 0 fully saturated rings. The number of carbonyl (C=O) groups is 1. The van der Waals surface area contributed by atoms with Crippen LogP contribution in [-0.2, 0) is 15.9 Å². The maximum absolute atomic E-state index is 14.3. The minimum absolute atomic E-state index is 0.125. The van der Waals surface area contributed by atoms with E-state index in [9.17, 15) is 9.36 Å². The van der Waals surface area contributed by atoms with Crippen molar-refractivity contribution in [1.82, 2.24) is 4.90 Å². The van der Waals surface area contributed by atoms with Crippen molar-refractivity contribution in [3.63, 3.8) is 0 Å². The van der Waals surface area contributed by atoms with Gasteiger partial charge in [0.05, 0.1) is 6.29 Å². The number of nitrogens with zero attached hydrogens (tertiary/aromatic N) is 1. The Morgan fingerprint density at radius 2 is 1.39 bits per heavy atom. The van der Waals surface area contributed by atoms with Crippen LogP contribution in [0.3, 0.4) is 0 Å². The number of benzene rings is 3. The van der Waals surface area contributed by atoms with Crippen molar-refractivity contribution in [2.45, 2.75) is 13.5 Å². The maximum Gasteiger partial charge on any atom is 0.246 e. The normalized spacial score (nSPS) is 11.0. The summed E-state index contributed by atoms with van der Waals surface area (Å²) < 4.78 is 14.3. The molecule has 4 heteroatoms. The van der Waals surface area contributed by atoms with Gasteiger partial charge in [0.2, 0.25) is 5.91 Å². The van der Waals surface area contributed by atoms with E-state index in [4.69, 9.17) is 0 Å². The number of carbonyl (C=O) groups excluding carboxylic acids is 1. The van der Waals surface area contributed by atoms with Crippen LogP contribution >= 0.6 is 7.14 Å². The van der Waals surface area contributed by atoms with Crippen LogP contribution in [0.1, 0.15) is 11.1 Å². The first kappa shape index (κ1) is 19.9. The summed E-state index contributed by atoms with van der Waals surface area (Å²) in [6.07, 6.45) is 1.41. The van der Waals surface area contributed by atoms with Gasteiger partial charge in [0.1, 0.15) is 0 Å². The van der Waals surface area contributed by atoms with Gasteiger partial charge in [-0.25, -0.2) is 0 Å². The van der Waals surface area contributed by atoms with Crippen molar-refractivity contribution >= 4 is 23.7 Å².